The molecule has 2 bridgehead atoms. The molecule has 2 saturated heterocycles. The molecular weight excluding hydrogens is 713 g/mol. The number of thioether (sulfide) groups is 1. The summed E-state index contributed by atoms with van der Waals surface area (Å²) < 4.78 is 0. The topological polar surface area (TPSA) is 219 Å². The summed E-state index contributed by atoms with van der Waals surface area (Å²) in [6.45, 7) is 3.33. The quantitative estimate of drug-likeness (QED) is 0.150. The van der Waals surface area contributed by atoms with Gasteiger partial charge in [0.05, 0.1) is 6.42 Å². The Bertz CT molecular complexity index is 1850. The van der Waals surface area contributed by atoms with Crippen molar-refractivity contribution in [2.45, 2.75) is 82.2 Å². The van der Waals surface area contributed by atoms with E-state index in [0.29, 0.717) is 16.9 Å². The SMILES string of the molecule is CSCC[C@@H]1NC(=O)[C@H](CC(C)C)NC(=O)[C@H]2CNC(=O)C[C@@H](NC1=O)C(=O)N[C@H](Cc1c[nH]c3ccccc13)C(=O)N[C@@H](Cc1ccccc1)C(=O)N2. The maximum absolute atomic E-state index is 14.3. The lowest BCUT2D eigenvalue weighted by Crippen LogP contribution is -2.64. The molecule has 54 heavy (non-hydrogen) atoms. The van der Waals surface area contributed by atoms with Gasteiger partial charge in [-0.3, -0.25) is 33.6 Å². The fraction of sp³-hybridized carbons (Fsp3) is 0.447. The first-order valence-electron chi connectivity index (χ1n) is 18.1. The number of benzene rings is 2. The monoisotopic (exact) mass is 760 g/mol. The number of fused-ring (bicyclic) bond motifs is 6. The van der Waals surface area contributed by atoms with Crippen molar-refractivity contribution in [1.29, 1.82) is 0 Å². The van der Waals surface area contributed by atoms with Crippen molar-refractivity contribution < 1.29 is 33.6 Å². The van der Waals surface area contributed by atoms with E-state index in [2.05, 4.69) is 42.2 Å². The Kier molecular flexibility index (Phi) is 13.7. The Hall–Kier alpha value is -5.38. The second-order valence-corrected chi connectivity index (χ2v) is 15.0. The highest BCUT2D eigenvalue weighted by Crippen LogP contribution is 2.20. The van der Waals surface area contributed by atoms with Crippen molar-refractivity contribution in [2.24, 2.45) is 5.92 Å². The molecule has 2 aliphatic heterocycles. The molecule has 2 aliphatic rings. The molecule has 0 saturated carbocycles. The van der Waals surface area contributed by atoms with Gasteiger partial charge in [-0.15, -0.1) is 0 Å². The summed E-state index contributed by atoms with van der Waals surface area (Å²) in [5.41, 5.74) is 2.22. The predicted molar refractivity (Wildman–Crippen MR) is 204 cm³/mol. The van der Waals surface area contributed by atoms with Crippen LogP contribution in [0.1, 0.15) is 44.2 Å². The number of carbonyl (C=O) groups excluding carboxylic acids is 7. The van der Waals surface area contributed by atoms with Gasteiger partial charge in [0.15, 0.2) is 0 Å². The van der Waals surface area contributed by atoms with Gasteiger partial charge in [0.25, 0.3) is 0 Å². The Balaban J connectivity index is 1.58. The lowest BCUT2D eigenvalue weighted by atomic mass is 10.00. The van der Waals surface area contributed by atoms with Gasteiger partial charge >= 0.3 is 0 Å². The summed E-state index contributed by atoms with van der Waals surface area (Å²) in [5.74, 6) is -4.59. The highest BCUT2D eigenvalue weighted by Gasteiger charge is 2.37. The molecule has 5 rings (SSSR count). The third kappa shape index (κ3) is 10.6. The van der Waals surface area contributed by atoms with Crippen molar-refractivity contribution in [3.8, 4) is 0 Å². The lowest BCUT2D eigenvalue weighted by molar-refractivity contribution is -0.138. The first kappa shape index (κ1) is 39.8. The van der Waals surface area contributed by atoms with E-state index in [1.54, 1.807) is 30.5 Å². The minimum atomic E-state index is -1.47. The maximum Gasteiger partial charge on any atom is 0.245 e. The highest BCUT2D eigenvalue weighted by atomic mass is 32.2. The van der Waals surface area contributed by atoms with E-state index in [1.165, 1.54) is 11.8 Å². The van der Waals surface area contributed by atoms with Crippen molar-refractivity contribution in [1.82, 2.24) is 42.2 Å². The maximum atomic E-state index is 14.3. The third-order valence-corrected chi connectivity index (χ3v) is 10.0. The van der Waals surface area contributed by atoms with E-state index in [0.717, 1.165) is 10.9 Å². The first-order chi connectivity index (χ1) is 25.9. The molecule has 6 atom stereocenters. The van der Waals surface area contributed by atoms with Gasteiger partial charge in [-0.1, -0.05) is 62.4 Å². The number of aromatic nitrogens is 1. The third-order valence-electron chi connectivity index (χ3n) is 9.39. The van der Waals surface area contributed by atoms with Crippen molar-refractivity contribution in [3.63, 3.8) is 0 Å². The molecule has 2 aromatic carbocycles. The summed E-state index contributed by atoms with van der Waals surface area (Å²) >= 11 is 1.45. The van der Waals surface area contributed by atoms with Gasteiger partial charge in [-0.05, 0) is 48.0 Å². The summed E-state index contributed by atoms with van der Waals surface area (Å²) in [5, 5.41) is 19.8. The van der Waals surface area contributed by atoms with Crippen LogP contribution in [0.2, 0.25) is 0 Å². The van der Waals surface area contributed by atoms with Crippen LogP contribution in [-0.2, 0) is 46.4 Å². The zero-order chi connectivity index (χ0) is 38.8. The Morgan fingerprint density at radius 3 is 1.96 bits per heavy atom. The minimum absolute atomic E-state index is 0.0111. The van der Waals surface area contributed by atoms with E-state index in [4.69, 9.17) is 0 Å². The van der Waals surface area contributed by atoms with Gasteiger partial charge in [-0.2, -0.15) is 11.8 Å². The Labute approximate surface area is 317 Å². The largest absolute Gasteiger partial charge is 0.361 e. The van der Waals surface area contributed by atoms with Gasteiger partial charge in [0.1, 0.15) is 36.3 Å². The van der Waals surface area contributed by atoms with Crippen LogP contribution in [-0.4, -0.2) is 101 Å². The molecule has 3 heterocycles. The van der Waals surface area contributed by atoms with Crippen LogP contribution in [0.3, 0.4) is 0 Å². The molecule has 7 amide bonds. The van der Waals surface area contributed by atoms with E-state index >= 15 is 0 Å². The lowest BCUT2D eigenvalue weighted by Gasteiger charge is -2.30. The van der Waals surface area contributed by atoms with Crippen molar-refractivity contribution in [2.75, 3.05) is 18.6 Å². The van der Waals surface area contributed by atoms with E-state index in [-0.39, 0.29) is 31.6 Å². The van der Waals surface area contributed by atoms with Gasteiger partial charge in [0.2, 0.25) is 41.4 Å². The van der Waals surface area contributed by atoms with E-state index in [9.17, 15) is 33.6 Å². The fourth-order valence-corrected chi connectivity index (χ4v) is 6.99. The van der Waals surface area contributed by atoms with Crippen LogP contribution in [0.5, 0.6) is 0 Å². The smallest absolute Gasteiger partial charge is 0.245 e. The summed E-state index contributed by atoms with van der Waals surface area (Å²) in [4.78, 5) is 101. The van der Waals surface area contributed by atoms with Crippen LogP contribution in [0.15, 0.2) is 60.8 Å². The number of aromatic amines is 1. The molecule has 288 valence electrons. The van der Waals surface area contributed by atoms with E-state index in [1.807, 2.05) is 50.4 Å². The van der Waals surface area contributed by atoms with Gasteiger partial charge in [0, 0.05) is 36.5 Å². The molecule has 0 radical (unpaired) electrons. The fourth-order valence-electron chi connectivity index (χ4n) is 6.52. The molecular formula is C38H48N8O7S. The molecule has 3 aromatic rings. The summed E-state index contributed by atoms with van der Waals surface area (Å²) in [6.07, 6.45) is 3.42. The average Bonchev–Trinajstić information content (AvgIpc) is 3.55. The number of hydrogen-bond donors (Lipinski definition) is 8. The minimum Gasteiger partial charge on any atom is -0.361 e. The molecule has 8 N–H and O–H groups in total. The zero-order valence-electron chi connectivity index (χ0n) is 30.5. The normalized spacial score (nSPS) is 24.9. The Morgan fingerprint density at radius 1 is 0.648 bits per heavy atom. The van der Waals surface area contributed by atoms with E-state index < -0.39 is 90.6 Å². The van der Waals surface area contributed by atoms with Crippen LogP contribution in [0.4, 0.5) is 0 Å². The molecule has 1 aromatic heterocycles. The first-order valence-corrected chi connectivity index (χ1v) is 19.5. The summed E-state index contributed by atoms with van der Waals surface area (Å²) in [6, 6.07) is 8.84. The average molecular weight is 761 g/mol. The molecule has 16 heteroatoms. The number of para-hydroxylation sites is 1. The molecule has 15 nitrogen and oxygen atoms in total. The number of rotatable bonds is 9. The zero-order valence-corrected chi connectivity index (χ0v) is 31.3. The highest BCUT2D eigenvalue weighted by molar-refractivity contribution is 7.98. The van der Waals surface area contributed by atoms with Crippen LogP contribution < -0.4 is 37.2 Å². The second kappa shape index (κ2) is 18.6. The molecule has 0 aliphatic carbocycles. The number of nitrogens with one attached hydrogen (secondary N) is 8. The van der Waals surface area contributed by atoms with Crippen LogP contribution >= 0.6 is 11.8 Å². The van der Waals surface area contributed by atoms with Crippen LogP contribution in [0.25, 0.3) is 10.9 Å². The van der Waals surface area contributed by atoms with Gasteiger partial charge in [-0.25, -0.2) is 0 Å². The molecule has 0 unspecified atom stereocenters. The van der Waals surface area contributed by atoms with Crippen molar-refractivity contribution in [3.05, 3.63) is 71.9 Å². The predicted octanol–water partition coefficient (Wildman–Crippen LogP) is 0.195. The van der Waals surface area contributed by atoms with Crippen molar-refractivity contribution >= 4 is 64.0 Å². The number of hydrogen-bond acceptors (Lipinski definition) is 8. The Morgan fingerprint density at radius 2 is 1.22 bits per heavy atom. The number of H-pyrrole nitrogens is 1. The summed E-state index contributed by atoms with van der Waals surface area (Å²) in [7, 11) is 0. The standard InChI is InChI=1S/C38H48N8O7S/c1-21(2)15-27-34(49)41-26(13-14-54-3)33(48)45-30-18-32(47)40-20-31(38(53)42-27)46-35(50)28(16-22-9-5-4-6-10-22)43-36(51)29(44-37(30)52)17-23-19-39-25-12-8-7-11-24(23)25/h4-12,19,21,26-31,39H,13-18,20H2,1-3H3,(H,40,47)(H,41,49)(H,42,53)(H,43,51)(H,44,52)(H,45,48)(H,46,50)/t26-,27-,28-,29+,30+,31+/m0/s1. The van der Waals surface area contributed by atoms with Crippen LogP contribution in [0, 0.1) is 5.92 Å². The number of amides is 7. The molecule has 0 spiro atoms. The van der Waals surface area contributed by atoms with Gasteiger partial charge < -0.3 is 42.2 Å². The number of carbonyl (C=O) groups is 7. The second-order valence-electron chi connectivity index (χ2n) is 14.0. The molecule has 2 fully saturated rings.